The average Bonchev–Trinajstić information content (AvgIpc) is 3.35. The molecular weight excluding hydrogens is 368 g/mol. The van der Waals surface area contributed by atoms with E-state index in [1.54, 1.807) is 0 Å². The maximum atomic E-state index is 5.55. The summed E-state index contributed by atoms with van der Waals surface area (Å²) < 4.78 is 6.82. The fraction of sp³-hybridized carbons (Fsp3) is 0.318. The predicted octanol–water partition coefficient (Wildman–Crippen LogP) is 5.03. The van der Waals surface area contributed by atoms with Crippen molar-refractivity contribution in [2.75, 3.05) is 13.1 Å². The Morgan fingerprint density at radius 1 is 1.11 bits per heavy atom. The Balaban J connectivity index is 1.30. The van der Waals surface area contributed by atoms with Gasteiger partial charge in [-0.25, -0.2) is 4.98 Å². The van der Waals surface area contributed by atoms with Crippen molar-refractivity contribution in [1.29, 1.82) is 0 Å². The van der Waals surface area contributed by atoms with E-state index in [1.165, 1.54) is 22.5 Å². The van der Waals surface area contributed by atoms with Gasteiger partial charge < -0.3 is 4.52 Å². The number of nitrogens with zero attached hydrogens (tertiary/aromatic N) is 4. The first kappa shape index (κ1) is 17.5. The van der Waals surface area contributed by atoms with E-state index in [4.69, 9.17) is 9.51 Å². The Kier molecular flexibility index (Phi) is 4.66. The fourth-order valence-corrected chi connectivity index (χ4v) is 5.00. The summed E-state index contributed by atoms with van der Waals surface area (Å²) in [6.07, 6.45) is 2.36. The highest BCUT2D eigenvalue weighted by molar-refractivity contribution is 7.18. The van der Waals surface area contributed by atoms with Crippen molar-refractivity contribution in [3.8, 4) is 11.4 Å². The van der Waals surface area contributed by atoms with Gasteiger partial charge in [-0.1, -0.05) is 41.6 Å². The van der Waals surface area contributed by atoms with Crippen LogP contribution in [-0.4, -0.2) is 33.1 Å². The summed E-state index contributed by atoms with van der Waals surface area (Å²) in [5.41, 5.74) is 3.30. The second-order valence-electron chi connectivity index (χ2n) is 7.42. The average molecular weight is 391 g/mol. The summed E-state index contributed by atoms with van der Waals surface area (Å²) in [5.74, 6) is 1.83. The zero-order chi connectivity index (χ0) is 18.9. The molecule has 5 nitrogen and oxygen atoms in total. The van der Waals surface area contributed by atoms with Crippen molar-refractivity contribution in [2.24, 2.45) is 0 Å². The van der Waals surface area contributed by atoms with Crippen LogP contribution in [0.2, 0.25) is 0 Å². The van der Waals surface area contributed by atoms with E-state index < -0.39 is 0 Å². The Hall–Kier alpha value is -2.57. The summed E-state index contributed by atoms with van der Waals surface area (Å²) in [7, 11) is 0. The van der Waals surface area contributed by atoms with Crippen molar-refractivity contribution in [3.63, 3.8) is 0 Å². The van der Waals surface area contributed by atoms with E-state index >= 15 is 0 Å². The van der Waals surface area contributed by atoms with Gasteiger partial charge in [-0.15, -0.1) is 11.3 Å². The number of aryl methyl sites for hydroxylation is 1. The molecule has 0 amide bonds. The summed E-state index contributed by atoms with van der Waals surface area (Å²) in [5, 5.41) is 5.44. The lowest BCUT2D eigenvalue weighted by atomic mass is 9.99. The van der Waals surface area contributed by atoms with Crippen LogP contribution in [0.5, 0.6) is 0 Å². The van der Waals surface area contributed by atoms with Crippen LogP contribution < -0.4 is 0 Å². The second kappa shape index (κ2) is 7.45. The summed E-state index contributed by atoms with van der Waals surface area (Å²) in [6.45, 7) is 4.81. The summed E-state index contributed by atoms with van der Waals surface area (Å²) >= 11 is 1.83. The number of piperidine rings is 1. The number of benzene rings is 2. The van der Waals surface area contributed by atoms with E-state index in [0.717, 1.165) is 29.7 Å². The van der Waals surface area contributed by atoms with Gasteiger partial charge in [0.15, 0.2) is 0 Å². The smallest absolute Gasteiger partial charge is 0.241 e. The van der Waals surface area contributed by atoms with Crippen LogP contribution >= 0.6 is 11.3 Å². The quantitative estimate of drug-likeness (QED) is 0.489. The minimum Gasteiger partial charge on any atom is -0.338 e. The number of rotatable bonds is 4. The molecule has 1 aliphatic rings. The molecule has 28 heavy (non-hydrogen) atoms. The van der Waals surface area contributed by atoms with Crippen LogP contribution in [0.3, 0.4) is 0 Å². The molecule has 0 saturated carbocycles. The first-order valence-corrected chi connectivity index (χ1v) is 10.5. The van der Waals surface area contributed by atoms with E-state index in [-0.39, 0.29) is 0 Å². The third-order valence-electron chi connectivity index (χ3n) is 5.38. The van der Waals surface area contributed by atoms with Gasteiger partial charge in [0, 0.05) is 18.0 Å². The molecule has 0 bridgehead atoms. The minimum atomic E-state index is 0.477. The number of para-hydroxylation sites is 1. The highest BCUT2D eigenvalue weighted by Gasteiger charge is 2.25. The third kappa shape index (κ3) is 3.45. The maximum absolute atomic E-state index is 5.55. The number of likely N-dealkylation sites (tertiary alicyclic amines) is 1. The molecule has 4 aromatic rings. The second-order valence-corrected chi connectivity index (χ2v) is 8.48. The third-order valence-corrected chi connectivity index (χ3v) is 6.58. The molecule has 0 N–H and O–H groups in total. The van der Waals surface area contributed by atoms with Crippen LogP contribution in [-0.2, 0) is 6.54 Å². The molecule has 5 rings (SSSR count). The molecule has 6 heteroatoms. The van der Waals surface area contributed by atoms with Crippen LogP contribution in [0.1, 0.15) is 35.2 Å². The van der Waals surface area contributed by atoms with Gasteiger partial charge in [0.05, 0.1) is 21.8 Å². The Labute approximate surface area is 168 Å². The maximum Gasteiger partial charge on any atom is 0.241 e. The normalized spacial score (nSPS) is 18.0. The molecule has 1 aliphatic heterocycles. The van der Waals surface area contributed by atoms with Crippen LogP contribution in [0.4, 0.5) is 0 Å². The van der Waals surface area contributed by atoms with E-state index in [2.05, 4.69) is 52.3 Å². The fourth-order valence-electron chi connectivity index (χ4n) is 3.91. The first-order valence-electron chi connectivity index (χ1n) is 9.73. The van der Waals surface area contributed by atoms with Gasteiger partial charge in [0.25, 0.3) is 0 Å². The molecule has 0 radical (unpaired) electrons. The SMILES string of the molecule is Cc1ccccc1-c1noc(CN2CCC[C@H](c3nc4ccccc4s3)C2)n1. The lowest BCUT2D eigenvalue weighted by Gasteiger charge is -2.30. The van der Waals surface area contributed by atoms with Crippen LogP contribution in [0, 0.1) is 6.92 Å². The van der Waals surface area contributed by atoms with Crippen molar-refractivity contribution in [3.05, 3.63) is 65.0 Å². The predicted molar refractivity (Wildman–Crippen MR) is 111 cm³/mol. The molecule has 2 aromatic carbocycles. The molecule has 0 unspecified atom stereocenters. The van der Waals surface area contributed by atoms with E-state index in [0.29, 0.717) is 24.2 Å². The van der Waals surface area contributed by atoms with E-state index in [1.807, 2.05) is 29.5 Å². The minimum absolute atomic E-state index is 0.477. The van der Waals surface area contributed by atoms with Crippen molar-refractivity contribution >= 4 is 21.6 Å². The first-order chi connectivity index (χ1) is 13.8. The monoisotopic (exact) mass is 390 g/mol. The molecule has 1 fully saturated rings. The van der Waals surface area contributed by atoms with Gasteiger partial charge in [-0.05, 0) is 44.0 Å². The van der Waals surface area contributed by atoms with Gasteiger partial charge in [-0.2, -0.15) is 4.98 Å². The summed E-state index contributed by atoms with van der Waals surface area (Å²) in [4.78, 5) is 11.9. The van der Waals surface area contributed by atoms with Gasteiger partial charge in [0.2, 0.25) is 11.7 Å². The molecule has 3 heterocycles. The number of hydrogen-bond acceptors (Lipinski definition) is 6. The van der Waals surface area contributed by atoms with Crippen LogP contribution in [0.25, 0.3) is 21.6 Å². The summed E-state index contributed by atoms with van der Waals surface area (Å²) in [6, 6.07) is 16.5. The van der Waals surface area contributed by atoms with Gasteiger partial charge in [0.1, 0.15) is 0 Å². The Morgan fingerprint density at radius 3 is 2.86 bits per heavy atom. The number of thiazole rings is 1. The molecule has 1 saturated heterocycles. The zero-order valence-corrected chi connectivity index (χ0v) is 16.7. The lowest BCUT2D eigenvalue weighted by Crippen LogP contribution is -2.33. The molecule has 1 atom stereocenters. The van der Waals surface area contributed by atoms with Gasteiger partial charge >= 0.3 is 0 Å². The highest BCUT2D eigenvalue weighted by Crippen LogP contribution is 2.33. The largest absolute Gasteiger partial charge is 0.338 e. The molecule has 2 aromatic heterocycles. The van der Waals surface area contributed by atoms with Crippen molar-refractivity contribution < 1.29 is 4.52 Å². The number of aromatic nitrogens is 3. The topological polar surface area (TPSA) is 55.1 Å². The van der Waals surface area contributed by atoms with Crippen LogP contribution in [0.15, 0.2) is 53.1 Å². The molecule has 0 spiro atoms. The van der Waals surface area contributed by atoms with Crippen molar-refractivity contribution in [1.82, 2.24) is 20.0 Å². The van der Waals surface area contributed by atoms with Crippen molar-refractivity contribution in [2.45, 2.75) is 32.2 Å². The Bertz CT molecular complexity index is 1070. The number of hydrogen-bond donors (Lipinski definition) is 0. The van der Waals surface area contributed by atoms with Gasteiger partial charge in [-0.3, -0.25) is 4.90 Å². The van der Waals surface area contributed by atoms with E-state index in [9.17, 15) is 0 Å². The lowest BCUT2D eigenvalue weighted by molar-refractivity contribution is 0.177. The zero-order valence-electron chi connectivity index (χ0n) is 15.8. The highest BCUT2D eigenvalue weighted by atomic mass is 32.1. The molecule has 142 valence electrons. The standard InChI is InChI=1S/C22H22N4OS/c1-15-7-2-3-9-17(15)21-24-20(27-25-21)14-26-12-6-8-16(13-26)22-23-18-10-4-5-11-19(18)28-22/h2-5,7,9-11,16H,6,8,12-14H2,1H3/t16-/m0/s1. The molecule has 0 aliphatic carbocycles. The number of fused-ring (bicyclic) bond motifs is 1. The molecular formula is C22H22N4OS. The Morgan fingerprint density at radius 2 is 1.96 bits per heavy atom.